The second-order valence-corrected chi connectivity index (χ2v) is 3.82. The topological polar surface area (TPSA) is 24.5 Å². The highest BCUT2D eigenvalue weighted by atomic mass is 16.5. The Bertz CT molecular complexity index is 145. The third-order valence-corrected chi connectivity index (χ3v) is 2.69. The van der Waals surface area contributed by atoms with E-state index in [1.165, 1.54) is 25.9 Å². The highest BCUT2D eigenvalue weighted by molar-refractivity contribution is 4.77. The largest absolute Gasteiger partial charge is 0.358 e. The van der Waals surface area contributed by atoms with Gasteiger partial charge in [0.2, 0.25) is 0 Å². The standard InChI is InChI=1S/C9H18N2O/c1-8-10-6-9(12-8)7-11-4-2-3-5-11/h8-10H,2-7H2,1H3/t8-,9+/m0/s1. The molecule has 2 atom stereocenters. The summed E-state index contributed by atoms with van der Waals surface area (Å²) >= 11 is 0. The van der Waals surface area contributed by atoms with Crippen molar-refractivity contribution in [1.82, 2.24) is 10.2 Å². The van der Waals surface area contributed by atoms with E-state index in [2.05, 4.69) is 17.1 Å². The molecule has 0 aromatic carbocycles. The van der Waals surface area contributed by atoms with Gasteiger partial charge in [-0.3, -0.25) is 5.32 Å². The fourth-order valence-electron chi connectivity index (χ4n) is 2.04. The van der Waals surface area contributed by atoms with E-state index in [0.717, 1.165) is 13.1 Å². The van der Waals surface area contributed by atoms with Crippen molar-refractivity contribution in [1.29, 1.82) is 0 Å². The van der Waals surface area contributed by atoms with Crippen LogP contribution in [-0.4, -0.2) is 43.4 Å². The van der Waals surface area contributed by atoms with Gasteiger partial charge >= 0.3 is 0 Å². The second kappa shape index (κ2) is 3.73. The molecule has 0 bridgehead atoms. The van der Waals surface area contributed by atoms with E-state index in [-0.39, 0.29) is 6.23 Å². The first-order valence-corrected chi connectivity index (χ1v) is 4.96. The highest BCUT2D eigenvalue weighted by Gasteiger charge is 2.24. The van der Waals surface area contributed by atoms with Crippen LogP contribution < -0.4 is 5.32 Å². The zero-order chi connectivity index (χ0) is 8.39. The van der Waals surface area contributed by atoms with Gasteiger partial charge in [-0.15, -0.1) is 0 Å². The summed E-state index contributed by atoms with van der Waals surface area (Å²) in [5, 5.41) is 3.29. The highest BCUT2D eigenvalue weighted by Crippen LogP contribution is 2.11. The lowest BCUT2D eigenvalue weighted by Gasteiger charge is -2.18. The third kappa shape index (κ3) is 1.97. The lowest BCUT2D eigenvalue weighted by atomic mass is 10.3. The van der Waals surface area contributed by atoms with Crippen LogP contribution in [0.5, 0.6) is 0 Å². The summed E-state index contributed by atoms with van der Waals surface area (Å²) in [7, 11) is 0. The first-order chi connectivity index (χ1) is 5.84. The number of nitrogens with one attached hydrogen (secondary N) is 1. The molecule has 1 N–H and O–H groups in total. The molecule has 70 valence electrons. The molecular weight excluding hydrogens is 152 g/mol. The van der Waals surface area contributed by atoms with Gasteiger partial charge in [0.15, 0.2) is 0 Å². The fourth-order valence-corrected chi connectivity index (χ4v) is 2.04. The van der Waals surface area contributed by atoms with Gasteiger partial charge in [-0.1, -0.05) is 0 Å². The van der Waals surface area contributed by atoms with Crippen LogP contribution in [0, 0.1) is 0 Å². The van der Waals surface area contributed by atoms with Gasteiger partial charge in [-0.05, 0) is 32.9 Å². The molecule has 2 fully saturated rings. The monoisotopic (exact) mass is 170 g/mol. The Morgan fingerprint density at radius 1 is 1.42 bits per heavy atom. The second-order valence-electron chi connectivity index (χ2n) is 3.82. The van der Waals surface area contributed by atoms with Gasteiger partial charge < -0.3 is 9.64 Å². The number of nitrogens with zero attached hydrogens (tertiary/aromatic N) is 1. The third-order valence-electron chi connectivity index (χ3n) is 2.69. The zero-order valence-corrected chi connectivity index (χ0v) is 7.75. The maximum absolute atomic E-state index is 5.67. The van der Waals surface area contributed by atoms with E-state index in [1.54, 1.807) is 0 Å². The van der Waals surface area contributed by atoms with E-state index in [9.17, 15) is 0 Å². The van der Waals surface area contributed by atoms with Gasteiger partial charge in [0.05, 0.1) is 6.10 Å². The first kappa shape index (κ1) is 8.48. The lowest BCUT2D eigenvalue weighted by molar-refractivity contribution is 0.0350. The van der Waals surface area contributed by atoms with Crippen molar-refractivity contribution in [2.45, 2.75) is 32.1 Å². The quantitative estimate of drug-likeness (QED) is 0.650. The van der Waals surface area contributed by atoms with Crippen molar-refractivity contribution in [2.24, 2.45) is 0 Å². The fraction of sp³-hybridized carbons (Fsp3) is 1.00. The molecule has 2 heterocycles. The Morgan fingerprint density at radius 3 is 2.75 bits per heavy atom. The Labute approximate surface area is 74.1 Å². The minimum Gasteiger partial charge on any atom is -0.358 e. The summed E-state index contributed by atoms with van der Waals surface area (Å²) in [6, 6.07) is 0. The van der Waals surface area contributed by atoms with Crippen LogP contribution >= 0.6 is 0 Å². The van der Waals surface area contributed by atoms with E-state index >= 15 is 0 Å². The molecule has 2 aliphatic rings. The lowest BCUT2D eigenvalue weighted by Crippen LogP contribution is -2.32. The van der Waals surface area contributed by atoms with Crippen LogP contribution in [0.3, 0.4) is 0 Å². The molecule has 0 radical (unpaired) electrons. The number of likely N-dealkylation sites (tertiary alicyclic amines) is 1. The van der Waals surface area contributed by atoms with Crippen molar-refractivity contribution < 1.29 is 4.74 Å². The Balaban J connectivity index is 1.72. The molecule has 12 heavy (non-hydrogen) atoms. The molecule has 0 aliphatic carbocycles. The Morgan fingerprint density at radius 2 is 2.17 bits per heavy atom. The maximum atomic E-state index is 5.67. The minimum absolute atomic E-state index is 0.262. The number of rotatable bonds is 2. The molecule has 0 amide bonds. The molecule has 3 nitrogen and oxygen atoms in total. The Kier molecular flexibility index (Phi) is 2.63. The van der Waals surface area contributed by atoms with E-state index in [4.69, 9.17) is 4.74 Å². The average Bonchev–Trinajstić information content (AvgIpc) is 2.63. The molecule has 0 aromatic rings. The summed E-state index contributed by atoms with van der Waals surface area (Å²) in [6.45, 7) is 6.77. The van der Waals surface area contributed by atoms with Crippen LogP contribution in [0.4, 0.5) is 0 Å². The first-order valence-electron chi connectivity index (χ1n) is 4.96. The summed E-state index contributed by atoms with van der Waals surface area (Å²) in [6.07, 6.45) is 3.43. The molecule has 3 heteroatoms. The number of hydrogen-bond acceptors (Lipinski definition) is 3. The average molecular weight is 170 g/mol. The molecule has 2 saturated heterocycles. The molecule has 0 unspecified atom stereocenters. The molecule has 0 spiro atoms. The van der Waals surface area contributed by atoms with E-state index < -0.39 is 0 Å². The predicted molar refractivity (Wildman–Crippen MR) is 48.0 cm³/mol. The molecule has 0 aromatic heterocycles. The smallest absolute Gasteiger partial charge is 0.105 e. The predicted octanol–water partition coefficient (Wildman–Crippen LogP) is 0.417. The van der Waals surface area contributed by atoms with Crippen molar-refractivity contribution in [2.75, 3.05) is 26.2 Å². The van der Waals surface area contributed by atoms with Crippen LogP contribution in [0.25, 0.3) is 0 Å². The van der Waals surface area contributed by atoms with Crippen molar-refractivity contribution >= 4 is 0 Å². The maximum Gasteiger partial charge on any atom is 0.105 e. The van der Waals surface area contributed by atoms with Crippen LogP contribution in [0.1, 0.15) is 19.8 Å². The van der Waals surface area contributed by atoms with E-state index in [0.29, 0.717) is 6.10 Å². The summed E-state index contributed by atoms with van der Waals surface area (Å²) in [4.78, 5) is 2.50. The molecule has 2 aliphatic heterocycles. The Hall–Kier alpha value is -0.120. The summed E-state index contributed by atoms with van der Waals surface area (Å²) in [5.74, 6) is 0. The van der Waals surface area contributed by atoms with Gasteiger partial charge in [-0.2, -0.15) is 0 Å². The molecule has 0 saturated carbocycles. The van der Waals surface area contributed by atoms with E-state index in [1.807, 2.05) is 0 Å². The van der Waals surface area contributed by atoms with Crippen molar-refractivity contribution in [3.63, 3.8) is 0 Å². The van der Waals surface area contributed by atoms with Gasteiger partial charge in [0, 0.05) is 13.1 Å². The SMILES string of the molecule is C[C@H]1NC[C@H](CN2CCCC2)O1. The van der Waals surface area contributed by atoms with Gasteiger partial charge in [-0.25, -0.2) is 0 Å². The summed E-state index contributed by atoms with van der Waals surface area (Å²) in [5.41, 5.74) is 0. The van der Waals surface area contributed by atoms with Gasteiger partial charge in [0.25, 0.3) is 0 Å². The molecule has 2 rings (SSSR count). The normalized spacial score (nSPS) is 37.8. The molecular formula is C9H18N2O. The van der Waals surface area contributed by atoms with Crippen LogP contribution in [0.2, 0.25) is 0 Å². The van der Waals surface area contributed by atoms with Crippen molar-refractivity contribution in [3.8, 4) is 0 Å². The number of ether oxygens (including phenoxy) is 1. The summed E-state index contributed by atoms with van der Waals surface area (Å²) < 4.78 is 5.67. The number of hydrogen-bond donors (Lipinski definition) is 1. The van der Waals surface area contributed by atoms with Crippen molar-refractivity contribution in [3.05, 3.63) is 0 Å². The van der Waals surface area contributed by atoms with Gasteiger partial charge in [0.1, 0.15) is 6.23 Å². The minimum atomic E-state index is 0.262. The van der Waals surface area contributed by atoms with Crippen LogP contribution in [0.15, 0.2) is 0 Å². The van der Waals surface area contributed by atoms with Crippen LogP contribution in [-0.2, 0) is 4.74 Å². The zero-order valence-electron chi connectivity index (χ0n) is 7.75.